The average Bonchev–Trinajstić information content (AvgIpc) is 1.68. The maximum absolute atomic E-state index is 11.2. The van der Waals surface area contributed by atoms with Crippen LogP contribution in [0.2, 0.25) is 0 Å². The molecule has 0 aromatic carbocycles. The molecule has 5 heterocycles. The van der Waals surface area contributed by atoms with Crippen LogP contribution in [0.5, 0.6) is 5.75 Å². The number of aryl methyl sites for hydroxylation is 2. The third kappa shape index (κ3) is 115. The molecule has 2 fully saturated rings. The molecule has 2 aliphatic rings. The fourth-order valence-electron chi connectivity index (χ4n) is 6.94. The molecule has 3 aromatic rings. The molecule has 692 valence electrons. The first kappa shape index (κ1) is 168. The number of hydrogen-bond acceptors (Lipinski definition) is 46. The van der Waals surface area contributed by atoms with Gasteiger partial charge in [0, 0.05) is 131 Å². The number of aliphatic hydroxyl groups excluding tert-OH is 5. The summed E-state index contributed by atoms with van der Waals surface area (Å²) in [6.45, 7) is 9.53. The number of pyridine rings is 1. The van der Waals surface area contributed by atoms with Gasteiger partial charge in [0.25, 0.3) is 5.97 Å². The van der Waals surface area contributed by atoms with E-state index in [1.807, 2.05) is 49.9 Å². The van der Waals surface area contributed by atoms with Gasteiger partial charge in [-0.15, -0.1) is 24.8 Å². The van der Waals surface area contributed by atoms with Crippen molar-refractivity contribution in [3.05, 3.63) is 56.7 Å². The van der Waals surface area contributed by atoms with Crippen LogP contribution in [0.15, 0.2) is 17.9 Å². The summed E-state index contributed by atoms with van der Waals surface area (Å²) in [6, 6.07) is -1.94. The van der Waals surface area contributed by atoms with Crippen LogP contribution < -0.4 is 135 Å². The summed E-state index contributed by atoms with van der Waals surface area (Å²) < 4.78 is 87.4. The van der Waals surface area contributed by atoms with Crippen molar-refractivity contribution in [2.75, 3.05) is 67.3 Å². The van der Waals surface area contributed by atoms with Crippen molar-refractivity contribution >= 4 is 309 Å². The minimum absolute atomic E-state index is 0. The molecular weight excluding hydrogens is 2150 g/mol. The number of halogens is 3. The minimum Gasteiger partial charge on any atom is -1.00 e. The van der Waals surface area contributed by atoms with Crippen LogP contribution in [-0.2, 0) is 143 Å². The van der Waals surface area contributed by atoms with Gasteiger partial charge in [-0.3, -0.25) is 36.2 Å². The zero-order valence-corrected chi connectivity index (χ0v) is 92.9. The first-order chi connectivity index (χ1) is 51.1. The number of aromatic nitrogens is 4. The summed E-state index contributed by atoms with van der Waals surface area (Å²) in [7, 11) is -21.1. The second-order valence-corrected chi connectivity index (χ2v) is 30.8. The van der Waals surface area contributed by atoms with E-state index in [1.54, 1.807) is 59.7 Å². The van der Waals surface area contributed by atoms with Gasteiger partial charge in [0.05, 0.1) is 65.9 Å². The van der Waals surface area contributed by atoms with Crippen LogP contribution in [0, 0.1) is 26.2 Å². The van der Waals surface area contributed by atoms with Gasteiger partial charge in [-0.05, 0) is 82.0 Å². The number of nitrogens with one attached hydrogen (secondary N) is 3. The van der Waals surface area contributed by atoms with E-state index in [0.717, 1.165) is 60.5 Å². The van der Waals surface area contributed by atoms with Gasteiger partial charge in [-0.1, -0.05) is 31.6 Å². The number of thioether (sulfide) groups is 4. The van der Waals surface area contributed by atoms with Crippen LogP contribution in [0.3, 0.4) is 0 Å². The number of hydrogen-bond donors (Lipinski definition) is 15. The standard InChI is InChI=1S/C12H17N4OS.C10H16N2O3S.C9H17NO5.C8H11NO3.3C5H11NO2S.C2H4O2.3Ca.3ClH.Cu.Fe.Mg.Na.2H3O4P.2H2O4S.Zn/c1-8-11(3-4-17)18-7-16(8)6-10-5-14-9(2)15-12(10)13;13-8(14)4-2-1-3-7-9-6(5-16-7)11-10(15)12-9;1-9(2,5-11)7(14)8(15)10-4-3-6(12)13;1-5-8(12)7(4-11)6(3-10)2-9-5;3*1-9-3-2-4(6)5(7)8;1-2(3)4;;;;;;;;;;;4*1-5(2,3)4;/h5,7,17H,3-4,6H2,1-2H3,(H2,13,14,15);6-7,9H,1-5H2,(H,13,14)(H2,11,12,15);7,11,14H,3-5H2,1-2H3,(H,10,15)(H,12,13);2,10-12H,3-4H2,1H3;3*4H,2-3,6H2,1H3,(H,7,8);1H3,(H,3,4);;;;3*1H;;;;;2*(H3,1,2,3,4);2*(H2,1,2,3,4);/q+1;;;;;;;;3*+2;;;;+2;+3;+2;+1;;;;;+2/p-15/t;6-,7-,9-;;;3*4-;;;;;;;;;;;;;;;;/m.0..000................/s1. The normalized spacial score (nSPS) is 13.4. The Morgan fingerprint density at radius 1 is 0.732 bits per heavy atom. The number of amides is 3. The van der Waals surface area contributed by atoms with Gasteiger partial charge in [0.1, 0.15) is 23.5 Å². The fraction of sp³-hybridized carbons (Fsp3) is 0.643. The Kier molecular flexibility index (Phi) is 131. The number of aliphatic carboxylic acids is 6. The number of phosphoric acid groups is 2. The SMILES string of the molecule is CC(=O)O.CC(C)(CO)C(O)C(=O)NCCC(=O)[O-].CSCC[C@H](N)C(=O)[O-].CSCC[C@H](N)C(=O)[O-].CSCC[C@H](N)C(=O)[O-].Cc1ncc(CO)c(CO)c1O.Cc1ncc(C[n+]2csc(CCO)c2C)c(N)n1.Cl.Cl.O=C(O)CCCC[C@@H]1SC[C@@H]2NC(=O)N[C@@H]21.O=P([O-])([O-])[O-].O=P([O-])([O-])[O-].O=S(=O)([O-])[O-].O=S(=O)([O-])[O-].[Ca+2].[Ca+2].[Ca+2].[Cl-].[Cu+2].[Fe+3].[Mg+2].[Na+].[Zn+2]. The van der Waals surface area contributed by atoms with Crippen LogP contribution in [0.1, 0.15) is 111 Å². The molecule has 2 radical (unpaired) electrons. The Morgan fingerprint density at radius 2 is 1.11 bits per heavy atom. The number of carbonyl (C=O) groups excluding carboxylic acids is 6. The van der Waals surface area contributed by atoms with Crippen LogP contribution in [0.25, 0.3) is 0 Å². The van der Waals surface area contributed by atoms with E-state index < -0.39 is 108 Å². The van der Waals surface area contributed by atoms with Gasteiger partial charge >= 0.3 is 231 Å². The molecule has 3 amide bonds. The first-order valence-corrected chi connectivity index (χ1v) is 42.8. The molecule has 1 unspecified atom stereocenters. The number of unbranched alkanes of at least 4 members (excludes halogenated alkanes) is 1. The topological polar surface area (TPSA) is 906 Å². The summed E-state index contributed by atoms with van der Waals surface area (Å²) >= 11 is 8.25. The zero-order chi connectivity index (χ0) is 89.3. The Balaban J connectivity index is -0.0000000623. The van der Waals surface area contributed by atoms with Crippen LogP contribution in [0.4, 0.5) is 10.6 Å². The number of urea groups is 1. The molecule has 7 atom stereocenters. The quantitative estimate of drug-likeness (QED) is 0.00584. The predicted molar refractivity (Wildman–Crippen MR) is 419 cm³/mol. The minimum atomic E-state index is -5.39. The molecule has 3 aromatic heterocycles. The van der Waals surface area contributed by atoms with Gasteiger partial charge < -0.3 is 188 Å². The molecule has 2 saturated heterocycles. The van der Waals surface area contributed by atoms with Crippen LogP contribution >= 0.6 is 98.8 Å². The Bertz CT molecular complexity index is 3490. The van der Waals surface area contributed by atoms with E-state index in [4.69, 9.17) is 132 Å². The molecule has 19 N–H and O–H groups in total. The predicted octanol–water partition coefficient (Wildman–Crippen LogP) is -19.4. The van der Waals surface area contributed by atoms with Crippen molar-refractivity contribution in [1.29, 1.82) is 0 Å². The number of thiazole rings is 1. The van der Waals surface area contributed by atoms with Crippen molar-refractivity contribution in [3.63, 3.8) is 0 Å². The number of nitrogen functional groups attached to an aromatic ring is 1. The van der Waals surface area contributed by atoms with E-state index in [2.05, 4.69) is 35.5 Å². The largest absolute Gasteiger partial charge is 3.00 e. The molecular formula is C56H96Ca3Cl3CuFeMgN11NaO36P2S7Zn+2. The van der Waals surface area contributed by atoms with Crippen molar-refractivity contribution in [2.24, 2.45) is 22.6 Å². The van der Waals surface area contributed by atoms with Gasteiger partial charge in [0.15, 0.2) is 12.2 Å². The second kappa shape index (κ2) is 95.8. The van der Waals surface area contributed by atoms with Crippen LogP contribution in [-0.4, -0.2) is 378 Å². The molecule has 123 heavy (non-hydrogen) atoms. The Hall–Kier alpha value is 2.14. The maximum atomic E-state index is 11.2. The van der Waals surface area contributed by atoms with E-state index in [1.165, 1.54) is 24.9 Å². The number of nitrogens with two attached hydrogens (primary N) is 4. The van der Waals surface area contributed by atoms with E-state index >= 15 is 0 Å². The van der Waals surface area contributed by atoms with E-state index in [0.29, 0.717) is 65.9 Å². The van der Waals surface area contributed by atoms with Gasteiger partial charge in [0.2, 0.25) is 11.4 Å². The second-order valence-electron chi connectivity index (χ2n) is 22.2. The fourth-order valence-corrected chi connectivity index (χ4v) is 10.9. The number of carboxylic acids is 6. The number of nitrogens with zero attached hydrogens (tertiary/aromatic N) is 4. The molecule has 0 spiro atoms. The molecule has 0 aliphatic carbocycles. The number of anilines is 1. The smallest absolute Gasteiger partial charge is 1.00 e. The zero-order valence-electron chi connectivity index (χ0n) is 68.0. The molecule has 0 saturated carbocycles. The maximum Gasteiger partial charge on any atom is 3.00 e. The summed E-state index contributed by atoms with van der Waals surface area (Å²) in [6.07, 6.45) is 12.3. The molecule has 47 nitrogen and oxygen atoms in total. The third-order valence-electron chi connectivity index (χ3n) is 12.5. The van der Waals surface area contributed by atoms with E-state index in [9.17, 15) is 64.2 Å². The van der Waals surface area contributed by atoms with Gasteiger partial charge in [-0.2, -0.15) is 67.3 Å². The number of aromatic hydroxyl groups is 1. The van der Waals surface area contributed by atoms with Crippen molar-refractivity contribution < 1.29 is 273 Å². The molecule has 67 heteroatoms. The summed E-state index contributed by atoms with van der Waals surface area (Å²) in [5.74, 6) is -2.56. The van der Waals surface area contributed by atoms with E-state index in [-0.39, 0.29) is 326 Å². The molecule has 2 aliphatic heterocycles. The number of carbonyl (C=O) groups is 8. The number of fused-ring (bicyclic) bond motifs is 1. The van der Waals surface area contributed by atoms with Gasteiger partial charge in [-0.25, -0.2) is 14.8 Å². The molecule has 5 rings (SSSR count). The Morgan fingerprint density at radius 3 is 1.43 bits per heavy atom. The third-order valence-corrected chi connectivity index (χ3v) is 17.1. The summed E-state index contributed by atoms with van der Waals surface area (Å²) in [5, 5.41) is 119. The summed E-state index contributed by atoms with van der Waals surface area (Å²) in [4.78, 5) is 146. The number of carboxylic acid groups (broad SMARTS) is 6. The number of aliphatic hydroxyl groups is 5. The average molecular weight is 2240 g/mol. The number of rotatable bonds is 29. The monoisotopic (exact) mass is 2240 g/mol. The molecule has 0 bridgehead atoms. The van der Waals surface area contributed by atoms with Crippen molar-refractivity contribution in [2.45, 2.75) is 161 Å². The van der Waals surface area contributed by atoms with Crippen molar-refractivity contribution in [1.82, 2.24) is 30.9 Å². The first-order valence-electron chi connectivity index (χ1n) is 31.1. The summed E-state index contributed by atoms with van der Waals surface area (Å²) in [5.41, 5.74) is 25.7. The Labute approximate surface area is 913 Å². The van der Waals surface area contributed by atoms with Crippen molar-refractivity contribution in [3.8, 4) is 5.75 Å².